The molecule has 3 aromatic rings. The molecule has 2 aliphatic rings. The van der Waals surface area contributed by atoms with E-state index < -0.39 is 11.6 Å². The molecule has 182 valence electrons. The number of ether oxygens (including phenoxy) is 1. The Morgan fingerprint density at radius 2 is 1.97 bits per heavy atom. The monoisotopic (exact) mass is 477 g/mol. The van der Waals surface area contributed by atoms with Gasteiger partial charge >= 0.3 is 0 Å². The molecule has 6 nitrogen and oxygen atoms in total. The molecular weight excluding hydrogens is 448 g/mol. The topological polar surface area (TPSA) is 76.3 Å². The maximum atomic E-state index is 15.3. The molecule has 0 saturated carbocycles. The normalized spacial score (nSPS) is 17.9. The van der Waals surface area contributed by atoms with E-state index in [0.717, 1.165) is 35.4 Å². The lowest BCUT2D eigenvalue weighted by molar-refractivity contribution is 0.0112. The molecule has 0 unspecified atom stereocenters. The third-order valence-electron chi connectivity index (χ3n) is 6.75. The molecule has 35 heavy (non-hydrogen) atoms. The average molecular weight is 478 g/mol. The maximum absolute atomic E-state index is 15.3. The Hall–Kier alpha value is -3.52. The lowest BCUT2D eigenvalue weighted by atomic mass is 9.95. The molecule has 1 fully saturated rings. The van der Waals surface area contributed by atoms with Gasteiger partial charge in [-0.2, -0.15) is 0 Å². The van der Waals surface area contributed by atoms with Gasteiger partial charge in [0.05, 0.1) is 30.3 Å². The van der Waals surface area contributed by atoms with Crippen LogP contribution in [0.3, 0.4) is 0 Å². The van der Waals surface area contributed by atoms with Gasteiger partial charge in [-0.1, -0.05) is 32.6 Å². The third-order valence-corrected chi connectivity index (χ3v) is 6.75. The van der Waals surface area contributed by atoms with E-state index >= 15 is 8.78 Å². The first-order valence-electron chi connectivity index (χ1n) is 11.9. The minimum absolute atomic E-state index is 0.0269. The highest BCUT2D eigenvalue weighted by Gasteiger charge is 2.27. The van der Waals surface area contributed by atoms with Crippen molar-refractivity contribution >= 4 is 17.2 Å². The summed E-state index contributed by atoms with van der Waals surface area (Å²) >= 11 is 0. The molecule has 1 saturated heterocycles. The van der Waals surface area contributed by atoms with Gasteiger partial charge in [-0.05, 0) is 36.1 Å². The fourth-order valence-corrected chi connectivity index (χ4v) is 4.71. The fraction of sp³-hybridized carbons (Fsp3) is 0.333. The van der Waals surface area contributed by atoms with Crippen molar-refractivity contribution in [1.82, 2.24) is 15.3 Å². The van der Waals surface area contributed by atoms with Crippen molar-refractivity contribution in [2.24, 2.45) is 5.92 Å². The first-order valence-corrected chi connectivity index (χ1v) is 11.9. The predicted octanol–water partition coefficient (Wildman–Crippen LogP) is 4.65. The largest absolute Gasteiger partial charge is 0.385 e. The van der Waals surface area contributed by atoms with E-state index in [4.69, 9.17) is 10.5 Å². The van der Waals surface area contributed by atoms with Crippen molar-refractivity contribution < 1.29 is 13.5 Å². The number of rotatable bonds is 4. The second-order valence-electron chi connectivity index (χ2n) is 9.38. The van der Waals surface area contributed by atoms with E-state index in [1.165, 1.54) is 6.20 Å². The van der Waals surface area contributed by atoms with Gasteiger partial charge in [-0.3, -0.25) is 0 Å². The van der Waals surface area contributed by atoms with Crippen LogP contribution in [0.1, 0.15) is 25.0 Å². The van der Waals surface area contributed by atoms with Crippen LogP contribution in [0.4, 0.5) is 20.3 Å². The van der Waals surface area contributed by atoms with Crippen LogP contribution in [-0.2, 0) is 11.2 Å². The van der Waals surface area contributed by atoms with E-state index in [1.54, 1.807) is 12.1 Å². The smallest absolute Gasteiger partial charge is 0.182 e. The molecule has 0 spiro atoms. The number of morpholine rings is 1. The van der Waals surface area contributed by atoms with Gasteiger partial charge in [0, 0.05) is 42.0 Å². The maximum Gasteiger partial charge on any atom is 0.182 e. The van der Waals surface area contributed by atoms with Gasteiger partial charge in [0.1, 0.15) is 11.5 Å². The lowest BCUT2D eigenvalue weighted by Gasteiger charge is -2.36. The molecule has 5 rings (SSSR count). The van der Waals surface area contributed by atoms with Crippen LogP contribution in [0, 0.1) is 17.6 Å². The molecule has 0 aliphatic carbocycles. The summed E-state index contributed by atoms with van der Waals surface area (Å²) in [6.07, 6.45) is 2.20. The summed E-state index contributed by atoms with van der Waals surface area (Å²) in [5.74, 6) is -1.34. The van der Waals surface area contributed by atoms with Gasteiger partial charge in [-0.25, -0.2) is 18.7 Å². The Balaban J connectivity index is 1.49. The zero-order valence-electron chi connectivity index (χ0n) is 19.9. The predicted molar refractivity (Wildman–Crippen MR) is 135 cm³/mol. The zero-order chi connectivity index (χ0) is 24.7. The number of hydrogen-bond acceptors (Lipinski definition) is 6. The molecule has 0 amide bonds. The number of nitrogen functional groups attached to an aromatic ring is 1. The zero-order valence-corrected chi connectivity index (χ0v) is 19.9. The molecule has 0 radical (unpaired) electrons. The number of benzene rings is 2. The van der Waals surface area contributed by atoms with Crippen LogP contribution in [0.2, 0.25) is 0 Å². The summed E-state index contributed by atoms with van der Waals surface area (Å²) in [5, 5.41) is 3.25. The minimum atomic E-state index is -0.951. The van der Waals surface area contributed by atoms with E-state index in [-0.39, 0.29) is 34.8 Å². The second kappa shape index (κ2) is 9.26. The molecule has 8 heteroatoms. The van der Waals surface area contributed by atoms with Crippen LogP contribution < -0.4 is 16.0 Å². The highest BCUT2D eigenvalue weighted by molar-refractivity contribution is 5.77. The number of nitrogens with zero attached hydrogens (tertiary/aromatic N) is 3. The van der Waals surface area contributed by atoms with Crippen LogP contribution in [0.5, 0.6) is 0 Å². The number of halogens is 2. The molecule has 2 aromatic carbocycles. The molecule has 3 N–H and O–H groups in total. The van der Waals surface area contributed by atoms with E-state index in [2.05, 4.69) is 35.7 Å². The molecule has 0 bridgehead atoms. The summed E-state index contributed by atoms with van der Waals surface area (Å²) in [7, 11) is 0. The third kappa shape index (κ3) is 4.34. The first kappa shape index (κ1) is 23.2. The number of fused-ring (bicyclic) bond motifs is 1. The van der Waals surface area contributed by atoms with Crippen LogP contribution in [0.25, 0.3) is 28.2 Å². The molecular formula is C27H29F2N5O. The Kier molecular flexibility index (Phi) is 6.15. The van der Waals surface area contributed by atoms with E-state index in [9.17, 15) is 0 Å². The number of anilines is 2. The van der Waals surface area contributed by atoms with Gasteiger partial charge in [0.25, 0.3) is 0 Å². The summed E-state index contributed by atoms with van der Waals surface area (Å²) < 4.78 is 36.3. The van der Waals surface area contributed by atoms with E-state index in [1.807, 2.05) is 23.1 Å². The fourth-order valence-electron chi connectivity index (χ4n) is 4.71. The summed E-state index contributed by atoms with van der Waals surface area (Å²) in [6, 6.07) is 9.03. The number of nitrogens with one attached hydrogen (secondary N) is 1. The SMILES string of the molecule is C=C1NCCc2cc(-c3nc(-c4ccc(N5CCO[C@@H](C(C)C)C5)c(F)c4F)cnc3N)ccc21. The van der Waals surface area contributed by atoms with Crippen molar-refractivity contribution in [2.75, 3.05) is 36.9 Å². The van der Waals surface area contributed by atoms with Gasteiger partial charge in [0.2, 0.25) is 0 Å². The Bertz CT molecular complexity index is 1290. The Labute approximate surface area is 203 Å². The molecule has 1 atom stereocenters. The highest BCUT2D eigenvalue weighted by atomic mass is 19.2. The van der Waals surface area contributed by atoms with Gasteiger partial charge in [-0.15, -0.1) is 0 Å². The first-order chi connectivity index (χ1) is 16.8. The quantitative estimate of drug-likeness (QED) is 0.570. The van der Waals surface area contributed by atoms with Gasteiger partial charge in [0.15, 0.2) is 11.6 Å². The van der Waals surface area contributed by atoms with Crippen molar-refractivity contribution in [3.63, 3.8) is 0 Å². The Morgan fingerprint density at radius 3 is 2.77 bits per heavy atom. The van der Waals surface area contributed by atoms with Crippen molar-refractivity contribution in [3.05, 3.63) is 65.9 Å². The molecule has 1 aromatic heterocycles. The Morgan fingerprint density at radius 1 is 1.17 bits per heavy atom. The lowest BCUT2D eigenvalue weighted by Crippen LogP contribution is -2.45. The van der Waals surface area contributed by atoms with Gasteiger partial charge < -0.3 is 20.7 Å². The standard InChI is InChI=1S/C27H29F2N5O/c1-15(2)23-14-34(10-11-35-23)22-7-6-20(24(28)25(22)29)21-13-32-27(30)26(33-21)18-4-5-19-16(3)31-9-8-17(19)12-18/h4-7,12-13,15,23,31H,3,8-11,14H2,1-2H3,(H2,30,32)/t23-/m1/s1. The van der Waals surface area contributed by atoms with Crippen LogP contribution in [0.15, 0.2) is 43.1 Å². The van der Waals surface area contributed by atoms with Crippen molar-refractivity contribution in [3.8, 4) is 22.5 Å². The summed E-state index contributed by atoms with van der Waals surface area (Å²) in [4.78, 5) is 10.7. The molecule has 3 heterocycles. The van der Waals surface area contributed by atoms with E-state index in [0.29, 0.717) is 25.4 Å². The van der Waals surface area contributed by atoms with Crippen LogP contribution >= 0.6 is 0 Å². The van der Waals surface area contributed by atoms with Crippen molar-refractivity contribution in [1.29, 1.82) is 0 Å². The summed E-state index contributed by atoms with van der Waals surface area (Å²) in [5.41, 5.74) is 10.9. The second-order valence-corrected chi connectivity index (χ2v) is 9.38. The number of hydrogen-bond donors (Lipinski definition) is 2. The van der Waals surface area contributed by atoms with Crippen LogP contribution in [-0.4, -0.2) is 42.3 Å². The molecule has 2 aliphatic heterocycles. The minimum Gasteiger partial charge on any atom is -0.385 e. The highest BCUT2D eigenvalue weighted by Crippen LogP contribution is 2.34. The number of nitrogens with two attached hydrogens (primary N) is 1. The number of aromatic nitrogens is 2. The summed E-state index contributed by atoms with van der Waals surface area (Å²) in [6.45, 7) is 10.5. The average Bonchev–Trinajstić information content (AvgIpc) is 2.86. The van der Waals surface area contributed by atoms with Crippen molar-refractivity contribution in [2.45, 2.75) is 26.4 Å².